The Labute approximate surface area is 150 Å². The van der Waals surface area contributed by atoms with Crippen LogP contribution in [0.15, 0.2) is 67.0 Å². The topological polar surface area (TPSA) is 83.1 Å². The van der Waals surface area contributed by atoms with Crippen LogP contribution in [0.3, 0.4) is 0 Å². The number of hydrogen-bond acceptors (Lipinski definition) is 5. The van der Waals surface area contributed by atoms with E-state index < -0.39 is 0 Å². The molecule has 0 aliphatic rings. The third-order valence-electron chi connectivity index (χ3n) is 4.21. The smallest absolute Gasteiger partial charge is 0.162 e. The van der Waals surface area contributed by atoms with Gasteiger partial charge < -0.3 is 10.1 Å². The van der Waals surface area contributed by atoms with Gasteiger partial charge in [-0.15, -0.1) is 0 Å². The molecule has 0 saturated heterocycles. The van der Waals surface area contributed by atoms with Gasteiger partial charge in [0.15, 0.2) is 5.82 Å². The maximum absolute atomic E-state index is 9.44. The van der Waals surface area contributed by atoms with Gasteiger partial charge in [-0.3, -0.25) is 4.84 Å². The number of rotatable bonds is 5. The van der Waals surface area contributed by atoms with Crippen LogP contribution in [0.4, 0.5) is 5.82 Å². The quantitative estimate of drug-likeness (QED) is 0.466. The second-order valence-electron chi connectivity index (χ2n) is 5.99. The van der Waals surface area contributed by atoms with Crippen molar-refractivity contribution in [1.29, 1.82) is 0 Å². The first-order chi connectivity index (χ1) is 12.7. The Morgan fingerprint density at radius 3 is 2.58 bits per heavy atom. The third-order valence-corrected chi connectivity index (χ3v) is 4.21. The molecule has 2 aromatic carbocycles. The van der Waals surface area contributed by atoms with Crippen molar-refractivity contribution in [2.45, 2.75) is 13.0 Å². The van der Waals surface area contributed by atoms with E-state index in [1.54, 1.807) is 12.1 Å². The minimum Gasteiger partial charge on any atom is -0.508 e. The number of phenolic OH excluding ortho intramolecular Hbond substituents is 1. The molecular weight excluding hydrogens is 328 g/mol. The van der Waals surface area contributed by atoms with Gasteiger partial charge in [0, 0.05) is 5.69 Å². The minimum atomic E-state index is -0.128. The molecule has 2 heterocycles. The average molecular weight is 346 g/mol. The normalized spacial score (nSPS) is 12.2. The SMILES string of the molecule is CC(ONc1ncnc2[nH]c(-c3ccc(O)cc3)cc12)c1ccccc1. The summed E-state index contributed by atoms with van der Waals surface area (Å²) in [5, 5.41) is 10.3. The van der Waals surface area contributed by atoms with Crippen molar-refractivity contribution in [3.63, 3.8) is 0 Å². The molecule has 0 saturated carbocycles. The first-order valence-electron chi connectivity index (χ1n) is 8.30. The lowest BCUT2D eigenvalue weighted by molar-refractivity contribution is 0.115. The molecule has 0 bridgehead atoms. The largest absolute Gasteiger partial charge is 0.508 e. The van der Waals surface area contributed by atoms with Crippen molar-refractivity contribution >= 4 is 16.9 Å². The van der Waals surface area contributed by atoms with Gasteiger partial charge in [-0.1, -0.05) is 30.3 Å². The van der Waals surface area contributed by atoms with Crippen LogP contribution in [0.5, 0.6) is 5.75 Å². The van der Waals surface area contributed by atoms with Gasteiger partial charge >= 0.3 is 0 Å². The number of fused-ring (bicyclic) bond motifs is 1. The van der Waals surface area contributed by atoms with E-state index in [2.05, 4.69) is 20.4 Å². The number of H-pyrrole nitrogens is 1. The predicted octanol–water partition coefficient (Wildman–Crippen LogP) is 4.44. The Morgan fingerprint density at radius 2 is 1.81 bits per heavy atom. The molecule has 1 unspecified atom stereocenters. The van der Waals surface area contributed by atoms with Crippen molar-refractivity contribution in [2.24, 2.45) is 0 Å². The maximum atomic E-state index is 9.44. The van der Waals surface area contributed by atoms with E-state index in [4.69, 9.17) is 4.84 Å². The summed E-state index contributed by atoms with van der Waals surface area (Å²) in [6.07, 6.45) is 1.36. The molecule has 130 valence electrons. The van der Waals surface area contributed by atoms with Gasteiger partial charge in [0.2, 0.25) is 0 Å². The fraction of sp³-hybridized carbons (Fsp3) is 0.100. The van der Waals surface area contributed by atoms with E-state index >= 15 is 0 Å². The second-order valence-corrected chi connectivity index (χ2v) is 5.99. The molecule has 6 nitrogen and oxygen atoms in total. The molecule has 4 aromatic rings. The highest BCUT2D eigenvalue weighted by Crippen LogP contribution is 2.28. The summed E-state index contributed by atoms with van der Waals surface area (Å²) in [6, 6.07) is 18.9. The molecule has 0 radical (unpaired) electrons. The van der Waals surface area contributed by atoms with Crippen LogP contribution >= 0.6 is 0 Å². The highest BCUT2D eigenvalue weighted by molar-refractivity contribution is 5.91. The summed E-state index contributed by atoms with van der Waals surface area (Å²) in [5.74, 6) is 0.828. The lowest BCUT2D eigenvalue weighted by atomic mass is 10.1. The summed E-state index contributed by atoms with van der Waals surface area (Å²) >= 11 is 0. The fourth-order valence-electron chi connectivity index (χ4n) is 2.75. The molecule has 26 heavy (non-hydrogen) atoms. The number of phenols is 1. The molecule has 0 aliphatic carbocycles. The van der Waals surface area contributed by atoms with Crippen molar-refractivity contribution in [3.05, 3.63) is 72.6 Å². The molecular formula is C20H18N4O2. The third kappa shape index (κ3) is 3.22. The Bertz CT molecular complexity index is 1010. The van der Waals surface area contributed by atoms with Crippen LogP contribution in [0.2, 0.25) is 0 Å². The van der Waals surface area contributed by atoms with Crippen LogP contribution in [0, 0.1) is 0 Å². The van der Waals surface area contributed by atoms with Crippen molar-refractivity contribution in [1.82, 2.24) is 15.0 Å². The monoisotopic (exact) mass is 346 g/mol. The Morgan fingerprint density at radius 1 is 1.04 bits per heavy atom. The number of hydrogen-bond donors (Lipinski definition) is 3. The van der Waals surface area contributed by atoms with E-state index in [1.165, 1.54) is 6.33 Å². The number of nitrogens with zero attached hydrogens (tertiary/aromatic N) is 2. The number of aromatic hydroxyl groups is 1. The van der Waals surface area contributed by atoms with E-state index in [9.17, 15) is 5.11 Å². The Hall–Kier alpha value is -3.38. The zero-order chi connectivity index (χ0) is 17.9. The summed E-state index contributed by atoms with van der Waals surface area (Å²) < 4.78 is 0. The first kappa shape index (κ1) is 16.1. The molecule has 0 amide bonds. The van der Waals surface area contributed by atoms with Crippen LogP contribution in [0.25, 0.3) is 22.3 Å². The van der Waals surface area contributed by atoms with Gasteiger partial charge in [0.25, 0.3) is 0 Å². The maximum Gasteiger partial charge on any atom is 0.162 e. The van der Waals surface area contributed by atoms with Gasteiger partial charge in [0.1, 0.15) is 23.8 Å². The first-order valence-corrected chi connectivity index (χ1v) is 8.30. The van der Waals surface area contributed by atoms with Crippen LogP contribution in [0.1, 0.15) is 18.6 Å². The second kappa shape index (κ2) is 6.85. The zero-order valence-electron chi connectivity index (χ0n) is 14.2. The molecule has 6 heteroatoms. The van der Waals surface area contributed by atoms with Gasteiger partial charge in [-0.05, 0) is 48.4 Å². The summed E-state index contributed by atoms with van der Waals surface area (Å²) in [7, 11) is 0. The molecule has 3 N–H and O–H groups in total. The van der Waals surface area contributed by atoms with E-state index in [0.717, 1.165) is 22.2 Å². The number of anilines is 1. The number of aromatic amines is 1. The van der Waals surface area contributed by atoms with Crippen LogP contribution in [-0.2, 0) is 4.84 Å². The zero-order valence-corrected chi connectivity index (χ0v) is 14.2. The Balaban J connectivity index is 1.58. The van der Waals surface area contributed by atoms with Gasteiger partial charge in [-0.25, -0.2) is 15.4 Å². The van der Waals surface area contributed by atoms with Crippen LogP contribution in [-0.4, -0.2) is 20.1 Å². The fourth-order valence-corrected chi connectivity index (χ4v) is 2.75. The lowest BCUT2D eigenvalue weighted by Crippen LogP contribution is -2.08. The highest BCUT2D eigenvalue weighted by Gasteiger charge is 2.11. The number of nitrogens with one attached hydrogen (secondary N) is 2. The van der Waals surface area contributed by atoms with E-state index in [1.807, 2.05) is 55.5 Å². The minimum absolute atomic E-state index is 0.128. The van der Waals surface area contributed by atoms with Crippen molar-refractivity contribution < 1.29 is 9.94 Å². The van der Waals surface area contributed by atoms with Crippen LogP contribution < -0.4 is 5.48 Å². The number of aromatic nitrogens is 3. The Kier molecular flexibility index (Phi) is 4.25. The summed E-state index contributed by atoms with van der Waals surface area (Å²) in [5.41, 5.74) is 6.57. The molecule has 0 fully saturated rings. The summed E-state index contributed by atoms with van der Waals surface area (Å²) in [4.78, 5) is 17.6. The van der Waals surface area contributed by atoms with Crippen molar-refractivity contribution in [2.75, 3.05) is 5.48 Å². The molecule has 1 atom stereocenters. The summed E-state index contributed by atoms with van der Waals surface area (Å²) in [6.45, 7) is 1.97. The highest BCUT2D eigenvalue weighted by atomic mass is 16.7. The van der Waals surface area contributed by atoms with Gasteiger partial charge in [-0.2, -0.15) is 0 Å². The van der Waals surface area contributed by atoms with Gasteiger partial charge in [0.05, 0.1) is 5.39 Å². The lowest BCUT2D eigenvalue weighted by Gasteiger charge is -2.14. The van der Waals surface area contributed by atoms with E-state index in [0.29, 0.717) is 11.5 Å². The van der Waals surface area contributed by atoms with E-state index in [-0.39, 0.29) is 11.9 Å². The molecule has 0 spiro atoms. The molecule has 2 aromatic heterocycles. The van der Waals surface area contributed by atoms with Crippen molar-refractivity contribution in [3.8, 4) is 17.0 Å². The molecule has 0 aliphatic heterocycles. The standard InChI is InChI=1S/C20H18N4O2/c1-13(14-5-3-2-4-6-14)26-24-20-17-11-18(23-19(17)21-12-22-20)15-7-9-16(25)10-8-15/h2-13,25H,1H3,(H2,21,22,23,24). The predicted molar refractivity (Wildman–Crippen MR) is 101 cm³/mol. The average Bonchev–Trinajstić information content (AvgIpc) is 3.12. The molecule has 4 rings (SSSR count). The number of benzene rings is 2.